The van der Waals surface area contributed by atoms with Crippen LogP contribution < -0.4 is 5.73 Å². The second-order valence-corrected chi connectivity index (χ2v) is 6.85. The van der Waals surface area contributed by atoms with E-state index in [0.29, 0.717) is 19.4 Å². The second kappa shape index (κ2) is 5.09. The van der Waals surface area contributed by atoms with E-state index in [9.17, 15) is 14.4 Å². The molecule has 0 spiro atoms. The SMILES string of the molecule is CCOC(=O)C(C)(N)CCCN1C(=O)C2C(C1=O)C2(C)C. The predicted molar refractivity (Wildman–Crippen MR) is 75.9 cm³/mol. The van der Waals surface area contributed by atoms with Crippen molar-refractivity contribution >= 4 is 17.8 Å². The summed E-state index contributed by atoms with van der Waals surface area (Å²) in [4.78, 5) is 37.3. The van der Waals surface area contributed by atoms with Gasteiger partial charge in [0, 0.05) is 6.54 Å². The van der Waals surface area contributed by atoms with Crippen LogP contribution in [0.2, 0.25) is 0 Å². The summed E-state index contributed by atoms with van der Waals surface area (Å²) in [6.45, 7) is 7.85. The molecule has 1 aliphatic carbocycles. The number of ether oxygens (including phenoxy) is 1. The molecule has 1 saturated carbocycles. The summed E-state index contributed by atoms with van der Waals surface area (Å²) in [5.41, 5.74) is 4.65. The Bertz CT molecular complexity index is 460. The molecule has 0 aromatic heterocycles. The van der Waals surface area contributed by atoms with Crippen LogP contribution in [0.5, 0.6) is 0 Å². The molecular formula is C15H24N2O4. The lowest BCUT2D eigenvalue weighted by Gasteiger charge is -2.24. The third-order valence-corrected chi connectivity index (χ3v) is 4.71. The monoisotopic (exact) mass is 296 g/mol. The number of piperidine rings is 1. The number of hydrogen-bond acceptors (Lipinski definition) is 5. The molecule has 1 heterocycles. The Morgan fingerprint density at radius 2 is 1.86 bits per heavy atom. The Kier molecular flexibility index (Phi) is 3.86. The molecule has 2 N–H and O–H groups in total. The number of esters is 1. The van der Waals surface area contributed by atoms with Crippen molar-refractivity contribution in [2.45, 2.75) is 46.1 Å². The van der Waals surface area contributed by atoms with Crippen molar-refractivity contribution in [1.29, 1.82) is 0 Å². The molecule has 1 saturated heterocycles. The van der Waals surface area contributed by atoms with Crippen molar-refractivity contribution in [2.75, 3.05) is 13.2 Å². The summed E-state index contributed by atoms with van der Waals surface area (Å²) < 4.78 is 4.91. The molecule has 0 bridgehead atoms. The normalized spacial score (nSPS) is 29.1. The van der Waals surface area contributed by atoms with Gasteiger partial charge in [0.1, 0.15) is 5.54 Å². The minimum Gasteiger partial charge on any atom is -0.465 e. The van der Waals surface area contributed by atoms with Gasteiger partial charge in [0.25, 0.3) is 0 Å². The quantitative estimate of drug-likeness (QED) is 0.575. The Morgan fingerprint density at radius 3 is 2.33 bits per heavy atom. The fraction of sp³-hybridized carbons (Fsp3) is 0.800. The van der Waals surface area contributed by atoms with Crippen LogP contribution in [-0.4, -0.2) is 41.4 Å². The molecule has 2 aliphatic rings. The number of nitrogens with two attached hydrogens (primary N) is 1. The first kappa shape index (κ1) is 15.9. The Hall–Kier alpha value is -1.43. The second-order valence-electron chi connectivity index (χ2n) is 6.85. The van der Waals surface area contributed by atoms with E-state index in [1.165, 1.54) is 4.90 Å². The molecule has 2 fully saturated rings. The zero-order chi connectivity index (χ0) is 16.0. The highest BCUT2D eigenvalue weighted by atomic mass is 16.5. The van der Waals surface area contributed by atoms with Gasteiger partial charge in [-0.2, -0.15) is 0 Å². The maximum Gasteiger partial charge on any atom is 0.325 e. The molecule has 118 valence electrons. The minimum absolute atomic E-state index is 0.0788. The van der Waals surface area contributed by atoms with Crippen molar-refractivity contribution in [3.63, 3.8) is 0 Å². The first-order valence-electron chi connectivity index (χ1n) is 7.46. The maximum atomic E-state index is 12.1. The van der Waals surface area contributed by atoms with Crippen LogP contribution >= 0.6 is 0 Å². The van der Waals surface area contributed by atoms with Crippen LogP contribution in [0.25, 0.3) is 0 Å². The van der Waals surface area contributed by atoms with Crippen molar-refractivity contribution < 1.29 is 19.1 Å². The standard InChI is InChI=1S/C15H24N2O4/c1-5-21-13(20)15(4,16)7-6-8-17-11(18)9-10(12(17)19)14(9,2)3/h9-10H,5-8,16H2,1-4H3. The number of carbonyl (C=O) groups is 3. The Balaban J connectivity index is 1.84. The number of likely N-dealkylation sites (tertiary alicyclic amines) is 1. The highest BCUT2D eigenvalue weighted by Crippen LogP contribution is 2.63. The van der Waals surface area contributed by atoms with E-state index in [0.717, 1.165) is 0 Å². The van der Waals surface area contributed by atoms with Crippen molar-refractivity contribution in [1.82, 2.24) is 4.90 Å². The van der Waals surface area contributed by atoms with Gasteiger partial charge in [-0.1, -0.05) is 13.8 Å². The van der Waals surface area contributed by atoms with Gasteiger partial charge in [0.05, 0.1) is 18.4 Å². The predicted octanol–water partition coefficient (Wildman–Crippen LogP) is 0.688. The molecule has 1 aliphatic heterocycles. The molecule has 2 rings (SSSR count). The van der Waals surface area contributed by atoms with Gasteiger partial charge in [0.2, 0.25) is 11.8 Å². The zero-order valence-corrected chi connectivity index (χ0v) is 13.1. The number of fused-ring (bicyclic) bond motifs is 1. The van der Waals surface area contributed by atoms with E-state index in [4.69, 9.17) is 10.5 Å². The average Bonchev–Trinajstić information content (AvgIpc) is 2.85. The molecule has 3 atom stereocenters. The van der Waals surface area contributed by atoms with Crippen LogP contribution in [0.15, 0.2) is 0 Å². The topological polar surface area (TPSA) is 89.7 Å². The van der Waals surface area contributed by atoms with Crippen LogP contribution in [0.3, 0.4) is 0 Å². The first-order chi connectivity index (χ1) is 9.64. The van der Waals surface area contributed by atoms with Crippen LogP contribution in [0.1, 0.15) is 40.5 Å². The lowest BCUT2D eigenvalue weighted by Crippen LogP contribution is -2.47. The van der Waals surface area contributed by atoms with E-state index < -0.39 is 11.5 Å². The lowest BCUT2D eigenvalue weighted by atomic mass is 9.97. The Morgan fingerprint density at radius 1 is 1.33 bits per heavy atom. The van der Waals surface area contributed by atoms with Crippen LogP contribution in [0.4, 0.5) is 0 Å². The summed E-state index contributed by atoms with van der Waals surface area (Å²) in [5.74, 6) is -0.915. The van der Waals surface area contributed by atoms with Crippen LogP contribution in [0, 0.1) is 17.3 Å². The van der Waals surface area contributed by atoms with Gasteiger partial charge >= 0.3 is 5.97 Å². The van der Waals surface area contributed by atoms with E-state index >= 15 is 0 Å². The van der Waals surface area contributed by atoms with Gasteiger partial charge in [-0.05, 0) is 32.1 Å². The van der Waals surface area contributed by atoms with Crippen molar-refractivity contribution in [3.8, 4) is 0 Å². The van der Waals surface area contributed by atoms with E-state index in [1.807, 2.05) is 13.8 Å². The summed E-state index contributed by atoms with van der Waals surface area (Å²) in [5, 5.41) is 0. The summed E-state index contributed by atoms with van der Waals surface area (Å²) in [6.07, 6.45) is 0.880. The number of imide groups is 1. The largest absolute Gasteiger partial charge is 0.465 e. The van der Waals surface area contributed by atoms with Gasteiger partial charge < -0.3 is 10.5 Å². The molecule has 0 aromatic carbocycles. The minimum atomic E-state index is -1.08. The third-order valence-electron chi connectivity index (χ3n) is 4.71. The highest BCUT2D eigenvalue weighted by molar-refractivity contribution is 6.10. The van der Waals surface area contributed by atoms with Gasteiger partial charge in [-0.25, -0.2) is 0 Å². The number of rotatable bonds is 6. The zero-order valence-electron chi connectivity index (χ0n) is 13.1. The summed E-state index contributed by atoms with van der Waals surface area (Å²) in [6, 6.07) is 0. The number of hydrogen-bond donors (Lipinski definition) is 1. The van der Waals surface area contributed by atoms with E-state index in [2.05, 4.69) is 0 Å². The van der Waals surface area contributed by atoms with Crippen molar-refractivity contribution in [3.05, 3.63) is 0 Å². The first-order valence-corrected chi connectivity index (χ1v) is 7.46. The maximum absolute atomic E-state index is 12.1. The highest BCUT2D eigenvalue weighted by Gasteiger charge is 2.72. The summed E-state index contributed by atoms with van der Waals surface area (Å²) >= 11 is 0. The molecule has 6 nitrogen and oxygen atoms in total. The Labute approximate surface area is 125 Å². The van der Waals surface area contributed by atoms with Gasteiger partial charge in [0.15, 0.2) is 0 Å². The molecule has 6 heteroatoms. The smallest absolute Gasteiger partial charge is 0.325 e. The summed E-state index contributed by atoms with van der Waals surface area (Å²) in [7, 11) is 0. The third kappa shape index (κ3) is 2.57. The fourth-order valence-electron chi connectivity index (χ4n) is 3.23. The molecule has 2 amide bonds. The van der Waals surface area contributed by atoms with E-state index in [-0.39, 0.29) is 35.7 Å². The fourth-order valence-corrected chi connectivity index (χ4v) is 3.23. The average molecular weight is 296 g/mol. The number of amides is 2. The molecule has 3 unspecified atom stereocenters. The molecule has 0 aromatic rings. The molecular weight excluding hydrogens is 272 g/mol. The van der Waals surface area contributed by atoms with Crippen molar-refractivity contribution in [2.24, 2.45) is 23.0 Å². The number of nitrogens with zero attached hydrogens (tertiary/aromatic N) is 1. The van der Waals surface area contributed by atoms with Gasteiger partial charge in [-0.15, -0.1) is 0 Å². The molecule has 0 radical (unpaired) electrons. The molecule has 21 heavy (non-hydrogen) atoms. The number of carbonyl (C=O) groups excluding carboxylic acids is 3. The van der Waals surface area contributed by atoms with Crippen LogP contribution in [-0.2, 0) is 19.1 Å². The lowest BCUT2D eigenvalue weighted by molar-refractivity contribution is -0.149. The van der Waals surface area contributed by atoms with Gasteiger partial charge in [-0.3, -0.25) is 19.3 Å². The van der Waals surface area contributed by atoms with E-state index in [1.54, 1.807) is 13.8 Å².